The van der Waals surface area contributed by atoms with Crippen LogP contribution < -0.4 is 14.4 Å². The maximum absolute atomic E-state index is 12.5. The third kappa shape index (κ3) is 7.51. The topological polar surface area (TPSA) is 78.9 Å². The van der Waals surface area contributed by atoms with Crippen molar-refractivity contribution in [3.05, 3.63) is 24.3 Å². The van der Waals surface area contributed by atoms with E-state index in [0.717, 1.165) is 38.2 Å². The molecule has 0 radical (unpaired) electrons. The molecule has 1 aliphatic rings. The molecule has 2 atom stereocenters. The van der Waals surface area contributed by atoms with E-state index in [-0.39, 0.29) is 5.91 Å². The molecule has 0 spiro atoms. The standard InChI is InChI=1S/C21H35N3O4S/c1-5-20(21(25)22-13-7-15-24-14-6-8-17(2)16-24)28-19-11-9-18(10-12-19)23(3)29(4,26)27/h9-12,17,20H,5-8,13-16H2,1-4H3,(H,22,25)/t17-,20-/m0/s1. The first-order chi connectivity index (χ1) is 13.7. The number of nitrogens with one attached hydrogen (secondary N) is 1. The van der Waals surface area contributed by atoms with Crippen molar-refractivity contribution in [1.29, 1.82) is 0 Å². The van der Waals surface area contributed by atoms with Crippen LogP contribution in [0.1, 0.15) is 39.5 Å². The quantitative estimate of drug-likeness (QED) is 0.583. The lowest BCUT2D eigenvalue weighted by Crippen LogP contribution is -2.40. The van der Waals surface area contributed by atoms with Gasteiger partial charge in [-0.15, -0.1) is 0 Å². The van der Waals surface area contributed by atoms with Gasteiger partial charge in [0.05, 0.1) is 11.9 Å². The average molecular weight is 426 g/mol. The minimum Gasteiger partial charge on any atom is -0.481 e. The lowest BCUT2D eigenvalue weighted by Gasteiger charge is -2.30. The van der Waals surface area contributed by atoms with E-state index in [1.54, 1.807) is 24.3 Å². The summed E-state index contributed by atoms with van der Waals surface area (Å²) in [5, 5.41) is 2.98. The molecule has 1 aliphatic heterocycles. The number of nitrogens with zero attached hydrogens (tertiary/aromatic N) is 2. The Balaban J connectivity index is 1.79. The van der Waals surface area contributed by atoms with Gasteiger partial charge in [0.2, 0.25) is 10.0 Å². The van der Waals surface area contributed by atoms with Crippen molar-refractivity contribution in [2.75, 3.05) is 43.8 Å². The number of hydrogen-bond donors (Lipinski definition) is 1. The Bertz CT molecular complexity index is 752. The monoisotopic (exact) mass is 425 g/mol. The largest absolute Gasteiger partial charge is 0.481 e. The normalized spacial score (nSPS) is 18.8. The number of amides is 1. The Labute approximate surface area is 175 Å². The van der Waals surface area contributed by atoms with E-state index < -0.39 is 16.1 Å². The van der Waals surface area contributed by atoms with Crippen molar-refractivity contribution in [2.45, 2.75) is 45.6 Å². The molecule has 1 fully saturated rings. The number of rotatable bonds is 10. The summed E-state index contributed by atoms with van der Waals surface area (Å²) in [6, 6.07) is 6.70. The molecule has 0 saturated carbocycles. The van der Waals surface area contributed by atoms with E-state index in [2.05, 4.69) is 17.1 Å². The first kappa shape index (κ1) is 23.5. The fraction of sp³-hybridized carbons (Fsp3) is 0.667. The molecule has 8 heteroatoms. The van der Waals surface area contributed by atoms with Crippen molar-refractivity contribution >= 4 is 21.6 Å². The van der Waals surface area contributed by atoms with Crippen molar-refractivity contribution in [1.82, 2.24) is 10.2 Å². The van der Waals surface area contributed by atoms with Gasteiger partial charge >= 0.3 is 0 Å². The number of carbonyl (C=O) groups is 1. The molecule has 1 N–H and O–H groups in total. The molecule has 0 aromatic heterocycles. The summed E-state index contributed by atoms with van der Waals surface area (Å²) in [4.78, 5) is 14.9. The van der Waals surface area contributed by atoms with Gasteiger partial charge in [-0.1, -0.05) is 13.8 Å². The van der Waals surface area contributed by atoms with Crippen molar-refractivity contribution in [3.63, 3.8) is 0 Å². The van der Waals surface area contributed by atoms with Crippen LogP contribution in [0, 0.1) is 5.92 Å². The second-order valence-corrected chi connectivity index (χ2v) is 9.95. The van der Waals surface area contributed by atoms with E-state index in [0.29, 0.717) is 24.4 Å². The van der Waals surface area contributed by atoms with Crippen LogP contribution in [-0.2, 0) is 14.8 Å². The Morgan fingerprint density at radius 1 is 1.34 bits per heavy atom. The van der Waals surface area contributed by atoms with Gasteiger partial charge in [-0.3, -0.25) is 9.10 Å². The van der Waals surface area contributed by atoms with E-state index in [1.165, 1.54) is 24.2 Å². The van der Waals surface area contributed by atoms with E-state index in [9.17, 15) is 13.2 Å². The molecule has 29 heavy (non-hydrogen) atoms. The zero-order valence-electron chi connectivity index (χ0n) is 18.1. The Kier molecular flexibility index (Phi) is 8.77. The number of ether oxygens (including phenoxy) is 1. The molecule has 0 unspecified atom stereocenters. The number of hydrogen-bond acceptors (Lipinski definition) is 5. The summed E-state index contributed by atoms with van der Waals surface area (Å²) in [6.45, 7) is 8.16. The maximum Gasteiger partial charge on any atom is 0.261 e. The van der Waals surface area contributed by atoms with Crippen LogP contribution in [-0.4, -0.2) is 64.8 Å². The highest BCUT2D eigenvalue weighted by Gasteiger charge is 2.19. The second kappa shape index (κ2) is 10.8. The van der Waals surface area contributed by atoms with Gasteiger partial charge in [0, 0.05) is 20.1 Å². The van der Waals surface area contributed by atoms with Crippen LogP contribution in [0.15, 0.2) is 24.3 Å². The molecular formula is C21H35N3O4S. The first-order valence-electron chi connectivity index (χ1n) is 10.4. The summed E-state index contributed by atoms with van der Waals surface area (Å²) in [5.41, 5.74) is 0.546. The maximum atomic E-state index is 12.5. The predicted octanol–water partition coefficient (Wildman–Crippen LogP) is 2.48. The summed E-state index contributed by atoms with van der Waals surface area (Å²) in [6.07, 6.45) is 4.65. The lowest BCUT2D eigenvalue weighted by molar-refractivity contribution is -0.128. The molecule has 2 rings (SSSR count). The number of likely N-dealkylation sites (tertiary alicyclic amines) is 1. The zero-order valence-corrected chi connectivity index (χ0v) is 18.9. The van der Waals surface area contributed by atoms with Gasteiger partial charge in [-0.2, -0.15) is 0 Å². The van der Waals surface area contributed by atoms with Crippen LogP contribution in [0.4, 0.5) is 5.69 Å². The summed E-state index contributed by atoms with van der Waals surface area (Å²) in [5.74, 6) is 1.19. The molecular weight excluding hydrogens is 390 g/mol. The summed E-state index contributed by atoms with van der Waals surface area (Å²) >= 11 is 0. The number of carbonyl (C=O) groups excluding carboxylic acids is 1. The smallest absolute Gasteiger partial charge is 0.261 e. The first-order valence-corrected chi connectivity index (χ1v) is 12.3. The van der Waals surface area contributed by atoms with Crippen molar-refractivity contribution in [3.8, 4) is 5.75 Å². The minimum absolute atomic E-state index is 0.114. The highest BCUT2D eigenvalue weighted by atomic mass is 32.2. The van der Waals surface area contributed by atoms with Crippen molar-refractivity contribution in [2.24, 2.45) is 5.92 Å². The average Bonchev–Trinajstić information content (AvgIpc) is 2.68. The molecule has 1 aromatic rings. The molecule has 1 aromatic carbocycles. The Morgan fingerprint density at radius 2 is 2.03 bits per heavy atom. The minimum atomic E-state index is -3.31. The van der Waals surface area contributed by atoms with E-state index in [4.69, 9.17) is 4.74 Å². The SMILES string of the molecule is CC[C@H](Oc1ccc(N(C)S(C)(=O)=O)cc1)C(=O)NCCCN1CCC[C@H](C)C1. The van der Waals surface area contributed by atoms with Crippen molar-refractivity contribution < 1.29 is 17.9 Å². The molecule has 0 aliphatic carbocycles. The van der Waals surface area contributed by atoms with Crippen LogP contribution in [0.5, 0.6) is 5.75 Å². The lowest BCUT2D eigenvalue weighted by atomic mass is 10.0. The van der Waals surface area contributed by atoms with Crippen LogP contribution in [0.3, 0.4) is 0 Å². The molecule has 164 valence electrons. The predicted molar refractivity (Wildman–Crippen MR) is 117 cm³/mol. The fourth-order valence-corrected chi connectivity index (χ4v) is 4.04. The Hall–Kier alpha value is -1.80. The second-order valence-electron chi connectivity index (χ2n) is 7.93. The zero-order chi connectivity index (χ0) is 21.4. The third-order valence-electron chi connectivity index (χ3n) is 5.33. The fourth-order valence-electron chi connectivity index (χ4n) is 3.53. The number of piperidine rings is 1. The highest BCUT2D eigenvalue weighted by molar-refractivity contribution is 7.92. The molecule has 1 saturated heterocycles. The Morgan fingerprint density at radius 3 is 2.62 bits per heavy atom. The molecule has 1 heterocycles. The third-order valence-corrected chi connectivity index (χ3v) is 6.54. The van der Waals surface area contributed by atoms with Gasteiger partial charge in [-0.25, -0.2) is 8.42 Å². The van der Waals surface area contributed by atoms with Crippen LogP contribution in [0.2, 0.25) is 0 Å². The molecule has 1 amide bonds. The van der Waals surface area contributed by atoms with Crippen LogP contribution in [0.25, 0.3) is 0 Å². The van der Waals surface area contributed by atoms with Gasteiger partial charge < -0.3 is 15.0 Å². The summed E-state index contributed by atoms with van der Waals surface area (Å²) < 4.78 is 30.2. The van der Waals surface area contributed by atoms with Gasteiger partial charge in [-0.05, 0) is 69.0 Å². The van der Waals surface area contributed by atoms with E-state index in [1.807, 2.05) is 6.92 Å². The number of benzene rings is 1. The van der Waals surface area contributed by atoms with Crippen LogP contribution >= 0.6 is 0 Å². The highest BCUT2D eigenvalue weighted by Crippen LogP contribution is 2.21. The molecule has 7 nitrogen and oxygen atoms in total. The van der Waals surface area contributed by atoms with E-state index >= 15 is 0 Å². The van der Waals surface area contributed by atoms with Gasteiger partial charge in [0.1, 0.15) is 5.75 Å². The number of anilines is 1. The van der Waals surface area contributed by atoms with Gasteiger partial charge in [0.15, 0.2) is 6.10 Å². The summed E-state index contributed by atoms with van der Waals surface area (Å²) in [7, 11) is -1.81. The van der Waals surface area contributed by atoms with Gasteiger partial charge in [0.25, 0.3) is 5.91 Å². The molecule has 0 bridgehead atoms. The number of sulfonamides is 1.